The Morgan fingerprint density at radius 2 is 2.10 bits per heavy atom. The molecule has 1 heterocycles. The molecule has 0 radical (unpaired) electrons. The second-order valence-corrected chi connectivity index (χ2v) is 5.23. The van der Waals surface area contributed by atoms with Crippen molar-refractivity contribution in [3.05, 3.63) is 35.9 Å². The fraction of sp³-hybridized carbons (Fsp3) is 0.467. The molecule has 5 nitrogen and oxygen atoms in total. The van der Waals surface area contributed by atoms with Crippen LogP contribution in [0.4, 0.5) is 0 Å². The molecule has 5 heteroatoms. The first-order valence-electron chi connectivity index (χ1n) is 6.88. The molecule has 0 spiro atoms. The van der Waals surface area contributed by atoms with Gasteiger partial charge in [-0.25, -0.2) is 4.79 Å². The predicted octanol–water partition coefficient (Wildman–Crippen LogP) is 0.880. The Morgan fingerprint density at radius 1 is 1.40 bits per heavy atom. The third-order valence-electron chi connectivity index (χ3n) is 3.78. The summed E-state index contributed by atoms with van der Waals surface area (Å²) in [5.74, 6) is -0.950. The molecule has 1 fully saturated rings. The normalized spacial score (nSPS) is 20.1. The van der Waals surface area contributed by atoms with Crippen LogP contribution in [0.5, 0.6) is 0 Å². The third-order valence-corrected chi connectivity index (χ3v) is 3.78. The number of hydrogen-bond donors (Lipinski definition) is 2. The lowest BCUT2D eigenvalue weighted by molar-refractivity contribution is -0.148. The molecule has 1 aliphatic rings. The molecule has 1 saturated heterocycles. The molecular formula is C15H20N2O3. The van der Waals surface area contributed by atoms with Crippen molar-refractivity contribution in [2.75, 3.05) is 13.1 Å². The number of carboxylic acid groups (broad SMARTS) is 1. The van der Waals surface area contributed by atoms with E-state index in [9.17, 15) is 14.7 Å². The molecule has 1 aromatic rings. The first-order valence-corrected chi connectivity index (χ1v) is 6.88. The summed E-state index contributed by atoms with van der Waals surface area (Å²) in [7, 11) is 0. The second kappa shape index (κ2) is 6.52. The number of benzene rings is 1. The Labute approximate surface area is 118 Å². The summed E-state index contributed by atoms with van der Waals surface area (Å²) >= 11 is 0. The van der Waals surface area contributed by atoms with Crippen molar-refractivity contribution in [2.24, 2.45) is 11.7 Å². The average molecular weight is 276 g/mol. The van der Waals surface area contributed by atoms with Crippen LogP contribution in [0.1, 0.15) is 18.4 Å². The number of rotatable bonds is 6. The van der Waals surface area contributed by atoms with E-state index in [0.717, 1.165) is 5.56 Å². The standard InChI is InChI=1S/C15H20N2O3/c16-9-12-8-14(18)17(10-12)13(15(19)20)7-6-11-4-2-1-3-5-11/h1-5,12-13H,6-10,16H2,(H,19,20)/t12?,13-/m1/s1. The highest BCUT2D eigenvalue weighted by atomic mass is 16.4. The fourth-order valence-corrected chi connectivity index (χ4v) is 2.63. The van der Waals surface area contributed by atoms with Crippen molar-refractivity contribution in [2.45, 2.75) is 25.3 Å². The molecule has 1 aliphatic heterocycles. The van der Waals surface area contributed by atoms with Gasteiger partial charge in [-0.2, -0.15) is 0 Å². The number of hydrogen-bond acceptors (Lipinski definition) is 3. The SMILES string of the molecule is NCC1CC(=O)N([C@H](CCc2ccccc2)C(=O)O)C1. The summed E-state index contributed by atoms with van der Waals surface area (Å²) in [6.07, 6.45) is 1.45. The van der Waals surface area contributed by atoms with Gasteiger partial charge < -0.3 is 15.7 Å². The summed E-state index contributed by atoms with van der Waals surface area (Å²) in [5, 5.41) is 9.36. The molecule has 0 aliphatic carbocycles. The number of carbonyl (C=O) groups excluding carboxylic acids is 1. The summed E-state index contributed by atoms with van der Waals surface area (Å²) in [6.45, 7) is 0.883. The average Bonchev–Trinajstić information content (AvgIpc) is 2.81. The van der Waals surface area contributed by atoms with Crippen LogP contribution in [0, 0.1) is 5.92 Å². The van der Waals surface area contributed by atoms with Crippen LogP contribution in [-0.2, 0) is 16.0 Å². The van der Waals surface area contributed by atoms with Gasteiger partial charge in [0.15, 0.2) is 0 Å². The smallest absolute Gasteiger partial charge is 0.326 e. The van der Waals surface area contributed by atoms with Crippen LogP contribution in [0.15, 0.2) is 30.3 Å². The van der Waals surface area contributed by atoms with E-state index in [1.54, 1.807) is 0 Å². The first kappa shape index (κ1) is 14.5. The zero-order valence-electron chi connectivity index (χ0n) is 11.4. The Bertz CT molecular complexity index is 475. The van der Waals surface area contributed by atoms with Crippen LogP contribution in [0.25, 0.3) is 0 Å². The lowest BCUT2D eigenvalue weighted by Crippen LogP contribution is -2.42. The highest BCUT2D eigenvalue weighted by molar-refractivity contribution is 5.85. The van der Waals surface area contributed by atoms with E-state index in [1.165, 1.54) is 4.90 Å². The Kier molecular flexibility index (Phi) is 4.74. The van der Waals surface area contributed by atoms with Gasteiger partial charge in [0.1, 0.15) is 6.04 Å². The van der Waals surface area contributed by atoms with Gasteiger partial charge in [-0.05, 0) is 30.9 Å². The molecule has 108 valence electrons. The van der Waals surface area contributed by atoms with E-state index in [2.05, 4.69) is 0 Å². The highest BCUT2D eigenvalue weighted by Gasteiger charge is 2.36. The van der Waals surface area contributed by atoms with Crippen LogP contribution in [-0.4, -0.2) is 41.0 Å². The van der Waals surface area contributed by atoms with Crippen LogP contribution in [0.2, 0.25) is 0 Å². The Morgan fingerprint density at radius 3 is 2.65 bits per heavy atom. The van der Waals surface area contributed by atoms with Crippen LogP contribution >= 0.6 is 0 Å². The summed E-state index contributed by atoms with van der Waals surface area (Å²) in [5.41, 5.74) is 6.66. The molecule has 0 bridgehead atoms. The van der Waals surface area contributed by atoms with Crippen molar-refractivity contribution in [3.8, 4) is 0 Å². The number of aryl methyl sites for hydroxylation is 1. The fourth-order valence-electron chi connectivity index (χ4n) is 2.63. The largest absolute Gasteiger partial charge is 0.480 e. The van der Waals surface area contributed by atoms with E-state index in [0.29, 0.717) is 32.4 Å². The quantitative estimate of drug-likeness (QED) is 0.808. The first-order chi connectivity index (χ1) is 9.61. The second-order valence-electron chi connectivity index (χ2n) is 5.23. The van der Waals surface area contributed by atoms with Crippen LogP contribution in [0.3, 0.4) is 0 Å². The minimum absolute atomic E-state index is 0.0843. The molecule has 1 amide bonds. The molecule has 2 atom stereocenters. The van der Waals surface area contributed by atoms with Gasteiger partial charge >= 0.3 is 5.97 Å². The van der Waals surface area contributed by atoms with E-state index in [-0.39, 0.29) is 11.8 Å². The van der Waals surface area contributed by atoms with Crippen molar-refractivity contribution in [1.82, 2.24) is 4.90 Å². The van der Waals surface area contributed by atoms with Crippen molar-refractivity contribution >= 4 is 11.9 Å². The molecular weight excluding hydrogens is 256 g/mol. The third kappa shape index (κ3) is 3.36. The number of nitrogens with two attached hydrogens (primary N) is 1. The maximum absolute atomic E-state index is 11.9. The summed E-state index contributed by atoms with van der Waals surface area (Å²) in [4.78, 5) is 24.8. The highest BCUT2D eigenvalue weighted by Crippen LogP contribution is 2.22. The number of carboxylic acids is 1. The maximum Gasteiger partial charge on any atom is 0.326 e. The number of nitrogens with zero attached hydrogens (tertiary/aromatic N) is 1. The molecule has 2 rings (SSSR count). The monoisotopic (exact) mass is 276 g/mol. The van der Waals surface area contributed by atoms with Gasteiger partial charge in [0, 0.05) is 13.0 Å². The Hall–Kier alpha value is -1.88. The van der Waals surface area contributed by atoms with Gasteiger partial charge in [0.25, 0.3) is 0 Å². The van der Waals surface area contributed by atoms with E-state index >= 15 is 0 Å². The number of amides is 1. The minimum Gasteiger partial charge on any atom is -0.480 e. The van der Waals surface area contributed by atoms with Gasteiger partial charge in [-0.3, -0.25) is 4.79 Å². The van der Waals surface area contributed by atoms with Crippen molar-refractivity contribution in [1.29, 1.82) is 0 Å². The molecule has 1 aromatic carbocycles. The molecule has 0 saturated carbocycles. The topological polar surface area (TPSA) is 83.6 Å². The zero-order valence-corrected chi connectivity index (χ0v) is 11.4. The van der Waals surface area contributed by atoms with Gasteiger partial charge in [0.2, 0.25) is 5.91 Å². The number of likely N-dealkylation sites (tertiary alicyclic amines) is 1. The molecule has 0 aromatic heterocycles. The maximum atomic E-state index is 11.9. The number of carbonyl (C=O) groups is 2. The minimum atomic E-state index is -0.938. The number of aliphatic carboxylic acids is 1. The Balaban J connectivity index is 2.01. The lowest BCUT2D eigenvalue weighted by Gasteiger charge is -2.24. The van der Waals surface area contributed by atoms with E-state index in [1.807, 2.05) is 30.3 Å². The zero-order chi connectivity index (χ0) is 14.5. The molecule has 3 N–H and O–H groups in total. The summed E-state index contributed by atoms with van der Waals surface area (Å²) in [6, 6.07) is 8.96. The van der Waals surface area contributed by atoms with E-state index in [4.69, 9.17) is 5.73 Å². The lowest BCUT2D eigenvalue weighted by atomic mass is 10.0. The van der Waals surface area contributed by atoms with Gasteiger partial charge in [-0.1, -0.05) is 30.3 Å². The molecule has 20 heavy (non-hydrogen) atoms. The van der Waals surface area contributed by atoms with Crippen LogP contribution < -0.4 is 5.73 Å². The van der Waals surface area contributed by atoms with E-state index < -0.39 is 12.0 Å². The molecule has 1 unspecified atom stereocenters. The van der Waals surface area contributed by atoms with Gasteiger partial charge in [-0.15, -0.1) is 0 Å². The van der Waals surface area contributed by atoms with Gasteiger partial charge in [0.05, 0.1) is 0 Å². The summed E-state index contributed by atoms with van der Waals surface area (Å²) < 4.78 is 0. The predicted molar refractivity (Wildman–Crippen MR) is 75.1 cm³/mol. The van der Waals surface area contributed by atoms with Crippen molar-refractivity contribution in [3.63, 3.8) is 0 Å². The van der Waals surface area contributed by atoms with Crippen molar-refractivity contribution < 1.29 is 14.7 Å².